The number of aryl methyl sites for hydroxylation is 1. The first-order chi connectivity index (χ1) is 17.9. The molecule has 2 fully saturated rings. The molecule has 2 N–H and O–H groups in total. The Kier molecular flexibility index (Phi) is 8.02. The molecule has 1 atom stereocenters. The lowest BCUT2D eigenvalue weighted by Gasteiger charge is -2.27. The third-order valence-electron chi connectivity index (χ3n) is 7.73. The van der Waals surface area contributed by atoms with E-state index in [0.717, 1.165) is 52.9 Å². The fourth-order valence-corrected chi connectivity index (χ4v) is 6.67. The molecule has 1 aliphatic heterocycles. The van der Waals surface area contributed by atoms with E-state index in [-0.39, 0.29) is 23.8 Å². The molecular formula is C28H35FN4O3S. The second-order valence-corrected chi connectivity index (χ2v) is 11.4. The topological polar surface area (TPSA) is 87.6 Å². The first-order valence-electron chi connectivity index (χ1n) is 13.3. The zero-order valence-corrected chi connectivity index (χ0v) is 22.3. The molecule has 2 aromatic heterocycles. The van der Waals surface area contributed by atoms with E-state index < -0.39 is 0 Å². The van der Waals surface area contributed by atoms with Crippen LogP contribution in [-0.4, -0.2) is 57.6 Å². The van der Waals surface area contributed by atoms with E-state index in [0.29, 0.717) is 42.6 Å². The number of likely N-dealkylation sites (tertiary alicyclic amines) is 1. The second kappa shape index (κ2) is 11.4. The normalized spacial score (nSPS) is 22.4. The molecule has 1 saturated carbocycles. The number of hydrogen-bond acceptors (Lipinski definition) is 8. The number of rotatable bonds is 9. The number of carbonyl (C=O) groups is 1. The SMILES string of the molecule is Cc1c(C(=O)CCCC2CCCN2C)sc2ncnc(Nc3ccc(F)cc3OC3CCC(O)CC3)c12. The molecule has 3 aromatic rings. The Morgan fingerprint density at radius 1 is 1.24 bits per heavy atom. The fourth-order valence-electron chi connectivity index (χ4n) is 5.56. The summed E-state index contributed by atoms with van der Waals surface area (Å²) in [5, 5.41) is 13.9. The van der Waals surface area contributed by atoms with E-state index in [9.17, 15) is 14.3 Å². The first kappa shape index (κ1) is 26.0. The number of ketones is 1. The van der Waals surface area contributed by atoms with Gasteiger partial charge in [-0.1, -0.05) is 0 Å². The van der Waals surface area contributed by atoms with Crippen LogP contribution in [0, 0.1) is 12.7 Å². The number of nitrogens with one attached hydrogen (secondary N) is 1. The van der Waals surface area contributed by atoms with Crippen LogP contribution in [0.25, 0.3) is 10.2 Å². The fraction of sp³-hybridized carbons (Fsp3) is 0.536. The molecule has 0 amide bonds. The minimum absolute atomic E-state index is 0.0766. The number of carbonyl (C=O) groups excluding carboxylic acids is 1. The summed E-state index contributed by atoms with van der Waals surface area (Å²) in [6.45, 7) is 3.09. The number of hydrogen-bond donors (Lipinski definition) is 2. The highest BCUT2D eigenvalue weighted by Gasteiger charge is 2.24. The van der Waals surface area contributed by atoms with Gasteiger partial charge in [0.15, 0.2) is 5.78 Å². The van der Waals surface area contributed by atoms with Gasteiger partial charge in [0.05, 0.1) is 28.2 Å². The molecule has 37 heavy (non-hydrogen) atoms. The van der Waals surface area contributed by atoms with Crippen LogP contribution in [-0.2, 0) is 0 Å². The van der Waals surface area contributed by atoms with Crippen LogP contribution in [0.3, 0.4) is 0 Å². The van der Waals surface area contributed by atoms with Crippen molar-refractivity contribution in [3.05, 3.63) is 40.8 Å². The number of halogens is 1. The quantitative estimate of drug-likeness (QED) is 0.330. The standard InChI is InChI=1S/C28H35FN4O3S/c1-17-25-27(32-22-13-8-18(29)15-24(22)36-21-11-9-20(34)10-12-21)30-16-31-28(25)37-26(17)23(35)7-3-5-19-6-4-14-33(19)2/h8,13,15-16,19-21,34H,3-7,9-12,14H2,1-2H3,(H,30,31,32). The number of aliphatic hydroxyl groups excluding tert-OH is 1. The molecule has 0 bridgehead atoms. The number of thiophene rings is 1. The predicted molar refractivity (Wildman–Crippen MR) is 145 cm³/mol. The van der Waals surface area contributed by atoms with E-state index >= 15 is 0 Å². The molecule has 0 radical (unpaired) electrons. The van der Waals surface area contributed by atoms with Gasteiger partial charge in [-0.05, 0) is 89.6 Å². The van der Waals surface area contributed by atoms with Crippen molar-refractivity contribution in [2.45, 2.75) is 83.0 Å². The van der Waals surface area contributed by atoms with Gasteiger partial charge in [-0.25, -0.2) is 14.4 Å². The molecule has 1 aliphatic carbocycles. The molecule has 5 rings (SSSR count). The van der Waals surface area contributed by atoms with Gasteiger partial charge in [0.2, 0.25) is 0 Å². The lowest BCUT2D eigenvalue weighted by Crippen LogP contribution is -2.26. The summed E-state index contributed by atoms with van der Waals surface area (Å²) < 4.78 is 20.3. The Hall–Kier alpha value is -2.62. The molecule has 1 aromatic carbocycles. The van der Waals surface area contributed by atoms with Crippen LogP contribution >= 0.6 is 11.3 Å². The molecule has 9 heteroatoms. The maximum atomic E-state index is 14.1. The monoisotopic (exact) mass is 526 g/mol. The highest BCUT2D eigenvalue weighted by atomic mass is 32.1. The largest absolute Gasteiger partial charge is 0.488 e. The maximum absolute atomic E-state index is 14.1. The first-order valence-corrected chi connectivity index (χ1v) is 14.1. The van der Waals surface area contributed by atoms with Gasteiger partial charge in [0, 0.05) is 18.5 Å². The van der Waals surface area contributed by atoms with E-state index in [1.54, 1.807) is 6.07 Å². The lowest BCUT2D eigenvalue weighted by atomic mass is 9.95. The number of aromatic nitrogens is 2. The van der Waals surface area contributed by atoms with Crippen molar-refractivity contribution in [1.82, 2.24) is 14.9 Å². The molecule has 0 spiro atoms. The average Bonchev–Trinajstić information content (AvgIpc) is 3.45. The predicted octanol–water partition coefficient (Wildman–Crippen LogP) is 6.01. The number of Topliss-reactive ketones (excluding diaryl/α,β-unsaturated/α-hetero) is 1. The van der Waals surface area contributed by atoms with E-state index in [1.807, 2.05) is 6.92 Å². The van der Waals surface area contributed by atoms with Gasteiger partial charge in [-0.2, -0.15) is 0 Å². The van der Waals surface area contributed by atoms with Crippen LogP contribution in [0.1, 0.15) is 73.0 Å². The maximum Gasteiger partial charge on any atom is 0.173 e. The van der Waals surface area contributed by atoms with Crippen LogP contribution in [0.2, 0.25) is 0 Å². The Balaban J connectivity index is 1.33. The number of benzene rings is 1. The molecular weight excluding hydrogens is 491 g/mol. The van der Waals surface area contributed by atoms with Crippen LogP contribution in [0.5, 0.6) is 5.75 Å². The number of aliphatic hydroxyl groups is 1. The minimum atomic E-state index is -0.382. The van der Waals surface area contributed by atoms with Gasteiger partial charge >= 0.3 is 0 Å². The molecule has 1 saturated heterocycles. The summed E-state index contributed by atoms with van der Waals surface area (Å²) in [5.74, 6) is 0.750. The smallest absolute Gasteiger partial charge is 0.173 e. The highest BCUT2D eigenvalue weighted by Crippen LogP contribution is 2.38. The van der Waals surface area contributed by atoms with Crippen LogP contribution < -0.4 is 10.1 Å². The molecule has 7 nitrogen and oxygen atoms in total. The van der Waals surface area contributed by atoms with Gasteiger partial charge in [-0.3, -0.25) is 4.79 Å². The van der Waals surface area contributed by atoms with Crippen molar-refractivity contribution < 1.29 is 19.0 Å². The number of anilines is 2. The Bertz CT molecular complexity index is 1260. The van der Waals surface area contributed by atoms with E-state index in [1.165, 1.54) is 42.6 Å². The summed E-state index contributed by atoms with van der Waals surface area (Å²) >= 11 is 1.41. The number of nitrogens with zero attached hydrogens (tertiary/aromatic N) is 3. The third-order valence-corrected chi connectivity index (χ3v) is 8.97. The summed E-state index contributed by atoms with van der Waals surface area (Å²) in [5.41, 5.74) is 1.48. The summed E-state index contributed by atoms with van der Waals surface area (Å²) in [6.07, 6.45) is 8.83. The molecule has 198 valence electrons. The van der Waals surface area contributed by atoms with E-state index in [2.05, 4.69) is 27.2 Å². The van der Waals surface area contributed by atoms with Gasteiger partial charge in [0.25, 0.3) is 0 Å². The van der Waals surface area contributed by atoms with Gasteiger partial charge in [0.1, 0.15) is 28.5 Å². The summed E-state index contributed by atoms with van der Waals surface area (Å²) in [4.78, 5) is 25.9. The Morgan fingerprint density at radius 2 is 2.05 bits per heavy atom. The lowest BCUT2D eigenvalue weighted by molar-refractivity contribution is 0.0668. The van der Waals surface area contributed by atoms with E-state index in [4.69, 9.17) is 4.74 Å². The van der Waals surface area contributed by atoms with Crippen molar-refractivity contribution >= 4 is 38.8 Å². The van der Waals surface area contributed by atoms with Crippen molar-refractivity contribution in [2.24, 2.45) is 0 Å². The molecule has 3 heterocycles. The summed E-state index contributed by atoms with van der Waals surface area (Å²) in [6, 6.07) is 4.99. The van der Waals surface area contributed by atoms with Crippen molar-refractivity contribution in [1.29, 1.82) is 0 Å². The Labute approximate surface area is 221 Å². The van der Waals surface area contributed by atoms with Gasteiger partial charge < -0.3 is 20.1 Å². The van der Waals surface area contributed by atoms with Crippen molar-refractivity contribution in [3.8, 4) is 5.75 Å². The van der Waals surface area contributed by atoms with Crippen molar-refractivity contribution in [3.63, 3.8) is 0 Å². The minimum Gasteiger partial charge on any atom is -0.488 e. The average molecular weight is 527 g/mol. The number of ether oxygens (including phenoxy) is 1. The second-order valence-electron chi connectivity index (χ2n) is 10.4. The Morgan fingerprint density at radius 3 is 2.81 bits per heavy atom. The van der Waals surface area contributed by atoms with Gasteiger partial charge in [-0.15, -0.1) is 11.3 Å². The van der Waals surface area contributed by atoms with Crippen LogP contribution in [0.15, 0.2) is 24.5 Å². The third kappa shape index (κ3) is 5.94. The molecule has 2 aliphatic rings. The van der Waals surface area contributed by atoms with Crippen LogP contribution in [0.4, 0.5) is 15.9 Å². The molecule has 1 unspecified atom stereocenters. The number of fused-ring (bicyclic) bond motifs is 1. The van der Waals surface area contributed by atoms with Crippen molar-refractivity contribution in [2.75, 3.05) is 18.9 Å². The zero-order chi connectivity index (χ0) is 25.9. The highest BCUT2D eigenvalue weighted by molar-refractivity contribution is 7.20. The summed E-state index contributed by atoms with van der Waals surface area (Å²) in [7, 11) is 2.17. The zero-order valence-electron chi connectivity index (χ0n) is 21.5.